The van der Waals surface area contributed by atoms with Gasteiger partial charge in [-0.1, -0.05) is 19.1 Å². The first-order valence-electron chi connectivity index (χ1n) is 10.4. The fourth-order valence-electron chi connectivity index (χ4n) is 3.69. The number of hydrogen-bond acceptors (Lipinski definition) is 5. The van der Waals surface area contributed by atoms with Gasteiger partial charge in [0.25, 0.3) is 0 Å². The van der Waals surface area contributed by atoms with Crippen molar-refractivity contribution < 1.29 is 18.7 Å². The number of fused-ring (bicyclic) bond motifs is 1. The highest BCUT2D eigenvalue weighted by atomic mass is 32.1. The van der Waals surface area contributed by atoms with Crippen LogP contribution in [0.3, 0.4) is 0 Å². The first-order valence-corrected chi connectivity index (χ1v) is 11.2. The Kier molecular flexibility index (Phi) is 7.26. The molecule has 3 rings (SSSR count). The van der Waals surface area contributed by atoms with Gasteiger partial charge < -0.3 is 10.1 Å². The van der Waals surface area contributed by atoms with Crippen molar-refractivity contribution in [1.29, 1.82) is 0 Å². The topological polar surface area (TPSA) is 58.6 Å². The Morgan fingerprint density at radius 3 is 2.70 bits per heavy atom. The summed E-state index contributed by atoms with van der Waals surface area (Å²) >= 11 is 1.49. The molecule has 0 bridgehead atoms. The monoisotopic (exact) mass is 432 g/mol. The van der Waals surface area contributed by atoms with Gasteiger partial charge in [-0.3, -0.25) is 9.69 Å². The van der Waals surface area contributed by atoms with Crippen LogP contribution in [0.15, 0.2) is 24.3 Å². The number of nitrogens with zero attached hydrogens (tertiary/aromatic N) is 1. The number of carbonyl (C=O) groups excluding carboxylic acids is 2. The van der Waals surface area contributed by atoms with Gasteiger partial charge in [0.15, 0.2) is 0 Å². The third kappa shape index (κ3) is 5.08. The summed E-state index contributed by atoms with van der Waals surface area (Å²) in [6.07, 6.45) is 2.78. The number of benzene rings is 1. The van der Waals surface area contributed by atoms with Crippen LogP contribution in [0, 0.1) is 11.7 Å². The minimum atomic E-state index is -0.428. The van der Waals surface area contributed by atoms with Crippen LogP contribution in [0.4, 0.5) is 9.39 Å². The molecular formula is C23H29FN2O3S. The molecule has 1 heterocycles. The molecule has 2 aromatic rings. The van der Waals surface area contributed by atoms with Crippen molar-refractivity contribution in [2.75, 3.05) is 19.0 Å². The summed E-state index contributed by atoms with van der Waals surface area (Å²) in [5.74, 6) is -0.269. The number of likely N-dealkylation sites (N-methyl/N-ethyl adjacent to an activating group) is 1. The van der Waals surface area contributed by atoms with Crippen LogP contribution in [-0.2, 0) is 28.9 Å². The van der Waals surface area contributed by atoms with Gasteiger partial charge in [0.1, 0.15) is 10.8 Å². The van der Waals surface area contributed by atoms with E-state index < -0.39 is 6.04 Å². The van der Waals surface area contributed by atoms with Crippen LogP contribution in [0.1, 0.15) is 53.6 Å². The first kappa shape index (κ1) is 22.4. The fraction of sp³-hybridized carbons (Fsp3) is 0.478. The van der Waals surface area contributed by atoms with Crippen molar-refractivity contribution >= 4 is 28.2 Å². The van der Waals surface area contributed by atoms with Gasteiger partial charge in [-0.05, 0) is 69.3 Å². The number of anilines is 1. The number of esters is 1. The van der Waals surface area contributed by atoms with E-state index in [1.807, 2.05) is 18.9 Å². The highest BCUT2D eigenvalue weighted by molar-refractivity contribution is 7.17. The number of nitrogens with one attached hydrogen (secondary N) is 1. The standard InChI is InChI=1S/C23H29FN2O3S/c1-5-29-23(28)20-18-11-6-14(2)12-19(18)30-22(20)25-21(27)15(3)26(4)13-16-7-9-17(24)10-8-16/h7-10,14-15H,5-6,11-13H2,1-4H3,(H,25,27). The van der Waals surface area contributed by atoms with Crippen molar-refractivity contribution in [3.63, 3.8) is 0 Å². The molecule has 1 amide bonds. The lowest BCUT2D eigenvalue weighted by Gasteiger charge is -2.24. The molecule has 2 atom stereocenters. The zero-order chi connectivity index (χ0) is 21.8. The summed E-state index contributed by atoms with van der Waals surface area (Å²) in [6.45, 7) is 6.61. The second-order valence-corrected chi connectivity index (χ2v) is 9.09. The fourth-order valence-corrected chi connectivity index (χ4v) is 5.09. The maximum atomic E-state index is 13.1. The van der Waals surface area contributed by atoms with E-state index in [1.54, 1.807) is 19.1 Å². The summed E-state index contributed by atoms with van der Waals surface area (Å²) in [4.78, 5) is 28.6. The number of hydrogen-bond donors (Lipinski definition) is 1. The molecule has 0 radical (unpaired) electrons. The summed E-state index contributed by atoms with van der Waals surface area (Å²) in [5.41, 5.74) is 2.47. The quantitative estimate of drug-likeness (QED) is 0.647. The zero-order valence-corrected chi connectivity index (χ0v) is 18.8. The molecule has 1 aliphatic rings. The van der Waals surface area contributed by atoms with Crippen LogP contribution in [-0.4, -0.2) is 36.5 Å². The summed E-state index contributed by atoms with van der Waals surface area (Å²) < 4.78 is 18.4. The first-order chi connectivity index (χ1) is 14.3. The van der Waals surface area contributed by atoms with Crippen LogP contribution in [0.25, 0.3) is 0 Å². The van der Waals surface area contributed by atoms with E-state index in [0.717, 1.165) is 30.4 Å². The third-order valence-corrected chi connectivity index (χ3v) is 6.78. The molecule has 162 valence electrons. The van der Waals surface area contributed by atoms with Crippen LogP contribution >= 0.6 is 11.3 Å². The lowest BCUT2D eigenvalue weighted by atomic mass is 9.88. The van der Waals surface area contributed by atoms with Crippen molar-refractivity contribution in [2.24, 2.45) is 5.92 Å². The van der Waals surface area contributed by atoms with E-state index in [0.29, 0.717) is 29.6 Å². The predicted molar refractivity (Wildman–Crippen MR) is 117 cm³/mol. The normalized spacial score (nSPS) is 16.8. The van der Waals surface area contributed by atoms with Crippen LogP contribution in [0.2, 0.25) is 0 Å². The second kappa shape index (κ2) is 9.71. The lowest BCUT2D eigenvalue weighted by molar-refractivity contribution is -0.120. The van der Waals surface area contributed by atoms with E-state index >= 15 is 0 Å². The number of halogens is 1. The largest absolute Gasteiger partial charge is 0.462 e. The van der Waals surface area contributed by atoms with Crippen molar-refractivity contribution in [3.8, 4) is 0 Å². The van der Waals surface area contributed by atoms with Gasteiger partial charge in [0, 0.05) is 11.4 Å². The molecule has 7 heteroatoms. The third-order valence-electron chi connectivity index (χ3n) is 5.61. The molecule has 0 aliphatic heterocycles. The van der Waals surface area contributed by atoms with Crippen molar-refractivity contribution in [3.05, 3.63) is 51.7 Å². The van der Waals surface area contributed by atoms with Gasteiger partial charge >= 0.3 is 5.97 Å². The van der Waals surface area contributed by atoms with E-state index in [1.165, 1.54) is 28.3 Å². The van der Waals surface area contributed by atoms with Gasteiger partial charge in [0.2, 0.25) is 5.91 Å². The maximum Gasteiger partial charge on any atom is 0.341 e. The summed E-state index contributed by atoms with van der Waals surface area (Å²) in [7, 11) is 1.85. The molecule has 0 spiro atoms. The van der Waals surface area contributed by atoms with Gasteiger partial charge in [-0.15, -0.1) is 11.3 Å². The predicted octanol–water partition coefficient (Wildman–Crippen LogP) is 4.65. The maximum absolute atomic E-state index is 13.1. The smallest absolute Gasteiger partial charge is 0.341 e. The molecule has 1 N–H and O–H groups in total. The second-order valence-electron chi connectivity index (χ2n) is 7.98. The van der Waals surface area contributed by atoms with E-state index in [9.17, 15) is 14.0 Å². The minimum absolute atomic E-state index is 0.184. The average molecular weight is 433 g/mol. The van der Waals surface area contributed by atoms with Crippen molar-refractivity contribution in [1.82, 2.24) is 4.90 Å². The molecular weight excluding hydrogens is 403 g/mol. The molecule has 0 saturated carbocycles. The van der Waals surface area contributed by atoms with E-state index in [2.05, 4.69) is 12.2 Å². The molecule has 0 fully saturated rings. The Morgan fingerprint density at radius 2 is 2.03 bits per heavy atom. The Balaban J connectivity index is 1.76. The SMILES string of the molecule is CCOC(=O)c1c(NC(=O)C(C)N(C)Cc2ccc(F)cc2)sc2c1CCC(C)C2. The summed E-state index contributed by atoms with van der Waals surface area (Å²) in [6, 6.07) is 5.82. The van der Waals surface area contributed by atoms with E-state index in [4.69, 9.17) is 4.74 Å². The van der Waals surface area contributed by atoms with Gasteiger partial charge in [-0.2, -0.15) is 0 Å². The molecule has 1 aliphatic carbocycles. The molecule has 5 nitrogen and oxygen atoms in total. The Labute approximate surface area is 181 Å². The highest BCUT2D eigenvalue weighted by Crippen LogP contribution is 2.40. The Morgan fingerprint density at radius 1 is 1.33 bits per heavy atom. The van der Waals surface area contributed by atoms with Gasteiger partial charge in [0.05, 0.1) is 18.2 Å². The summed E-state index contributed by atoms with van der Waals surface area (Å²) in [5, 5.41) is 3.56. The van der Waals surface area contributed by atoms with Crippen LogP contribution in [0.5, 0.6) is 0 Å². The lowest BCUT2D eigenvalue weighted by Crippen LogP contribution is -2.39. The molecule has 1 aromatic carbocycles. The average Bonchev–Trinajstić information content (AvgIpc) is 3.06. The number of thiophene rings is 1. The van der Waals surface area contributed by atoms with Gasteiger partial charge in [-0.25, -0.2) is 9.18 Å². The number of carbonyl (C=O) groups is 2. The minimum Gasteiger partial charge on any atom is -0.462 e. The number of amides is 1. The van der Waals surface area contributed by atoms with E-state index in [-0.39, 0.29) is 17.7 Å². The zero-order valence-electron chi connectivity index (χ0n) is 18.0. The van der Waals surface area contributed by atoms with Crippen molar-refractivity contribution in [2.45, 2.75) is 52.6 Å². The Bertz CT molecular complexity index is 910. The molecule has 30 heavy (non-hydrogen) atoms. The molecule has 2 unspecified atom stereocenters. The number of rotatable bonds is 7. The molecule has 1 aromatic heterocycles. The molecule has 0 saturated heterocycles. The van der Waals surface area contributed by atoms with Crippen LogP contribution < -0.4 is 5.32 Å². The Hall–Kier alpha value is -2.25. The number of ether oxygens (including phenoxy) is 1. The highest BCUT2D eigenvalue weighted by Gasteiger charge is 2.30.